The van der Waals surface area contributed by atoms with Crippen LogP contribution in [0.3, 0.4) is 0 Å². The van der Waals surface area contributed by atoms with Crippen LogP contribution in [0.5, 0.6) is 0 Å². The summed E-state index contributed by atoms with van der Waals surface area (Å²) in [4.78, 5) is 20.4. The van der Waals surface area contributed by atoms with Gasteiger partial charge in [0.1, 0.15) is 0 Å². The summed E-state index contributed by atoms with van der Waals surface area (Å²) >= 11 is 0. The molecule has 0 saturated heterocycles. The summed E-state index contributed by atoms with van der Waals surface area (Å²) in [6, 6.07) is 0. The van der Waals surface area contributed by atoms with Crippen molar-refractivity contribution in [3.63, 3.8) is 0 Å². The van der Waals surface area contributed by atoms with E-state index in [1.165, 1.54) is 77.0 Å². The van der Waals surface area contributed by atoms with Crippen molar-refractivity contribution in [1.29, 1.82) is 0 Å². The van der Waals surface area contributed by atoms with Gasteiger partial charge in [0.2, 0.25) is 0 Å². The molecular formula is C36H62CoO4. The zero-order valence-corrected chi connectivity index (χ0v) is 27.6. The predicted molar refractivity (Wildman–Crippen MR) is 169 cm³/mol. The maximum absolute atomic E-state index is 10.2. The van der Waals surface area contributed by atoms with Gasteiger partial charge in [0.15, 0.2) is 0 Å². The Balaban J connectivity index is -0.000000688. The molecule has 4 nitrogen and oxygen atoms in total. The number of hydrogen-bond acceptors (Lipinski definition) is 4. The molecule has 0 unspecified atom stereocenters. The smallest absolute Gasteiger partial charge is 0.550 e. The predicted octanol–water partition coefficient (Wildman–Crippen LogP) is 9.10. The number of carboxylic acid groups (broad SMARTS) is 2. The first-order chi connectivity index (χ1) is 19.5. The van der Waals surface area contributed by atoms with Crippen LogP contribution in [-0.2, 0) is 26.4 Å². The number of unbranched alkanes of at least 4 members (excludes halogenated alkanes) is 16. The summed E-state index contributed by atoms with van der Waals surface area (Å²) in [5, 5.41) is 20.4. The number of allylic oxidation sites excluding steroid dienone is 8. The van der Waals surface area contributed by atoms with Gasteiger partial charge in [-0.25, -0.2) is 0 Å². The topological polar surface area (TPSA) is 80.3 Å². The maximum atomic E-state index is 10.2. The van der Waals surface area contributed by atoms with Gasteiger partial charge < -0.3 is 19.8 Å². The Kier molecular flexibility index (Phi) is 43.4. The van der Waals surface area contributed by atoms with Gasteiger partial charge in [0.25, 0.3) is 0 Å². The van der Waals surface area contributed by atoms with Gasteiger partial charge in [0, 0.05) is 11.9 Å². The second-order valence-corrected chi connectivity index (χ2v) is 10.7. The molecule has 1 radical (unpaired) electrons. The Morgan fingerprint density at radius 2 is 0.683 bits per heavy atom. The molecule has 0 rings (SSSR count). The van der Waals surface area contributed by atoms with Crippen LogP contribution in [0.15, 0.2) is 48.6 Å². The summed E-state index contributed by atoms with van der Waals surface area (Å²) in [6.45, 7) is 4.46. The SMILES string of the molecule is CCCCC/C=C/C/C=C/CCCCCCCC(=O)[O-].CCCCC/C=C\C/C=C\CCCCCCCC(=O)[O-].[Co+2]. The monoisotopic (exact) mass is 617 g/mol. The zero-order valence-electron chi connectivity index (χ0n) is 26.6. The summed E-state index contributed by atoms with van der Waals surface area (Å²) in [5.41, 5.74) is 0. The molecule has 0 aliphatic heterocycles. The molecule has 5 heteroatoms. The molecule has 0 aliphatic rings. The largest absolute Gasteiger partial charge is 2.00 e. The van der Waals surface area contributed by atoms with Crippen molar-refractivity contribution in [2.45, 2.75) is 168 Å². The fraction of sp³-hybridized carbons (Fsp3) is 0.722. The van der Waals surface area contributed by atoms with Crippen molar-refractivity contribution in [3.05, 3.63) is 48.6 Å². The van der Waals surface area contributed by atoms with E-state index in [0.717, 1.165) is 64.2 Å². The van der Waals surface area contributed by atoms with Gasteiger partial charge in [-0.15, -0.1) is 0 Å². The maximum Gasteiger partial charge on any atom is 2.00 e. The average Bonchev–Trinajstić information content (AvgIpc) is 2.93. The van der Waals surface area contributed by atoms with E-state index in [1.54, 1.807) is 0 Å². The van der Waals surface area contributed by atoms with Crippen molar-refractivity contribution >= 4 is 11.9 Å². The van der Waals surface area contributed by atoms with Crippen molar-refractivity contribution in [1.82, 2.24) is 0 Å². The molecule has 0 atom stereocenters. The normalized spacial score (nSPS) is 11.4. The molecule has 0 spiro atoms. The quantitative estimate of drug-likeness (QED) is 0.0648. The number of carbonyl (C=O) groups is 2. The van der Waals surface area contributed by atoms with Crippen LogP contribution < -0.4 is 10.2 Å². The first kappa shape index (κ1) is 43.9. The van der Waals surface area contributed by atoms with Crippen LogP contribution in [0.4, 0.5) is 0 Å². The molecule has 0 heterocycles. The van der Waals surface area contributed by atoms with Gasteiger partial charge in [-0.2, -0.15) is 0 Å². The van der Waals surface area contributed by atoms with E-state index in [4.69, 9.17) is 0 Å². The fourth-order valence-electron chi connectivity index (χ4n) is 4.16. The van der Waals surface area contributed by atoms with E-state index < -0.39 is 11.9 Å². The van der Waals surface area contributed by atoms with Gasteiger partial charge in [-0.1, -0.05) is 127 Å². The van der Waals surface area contributed by atoms with Gasteiger partial charge in [-0.3, -0.25) is 0 Å². The minimum Gasteiger partial charge on any atom is -0.550 e. The van der Waals surface area contributed by atoms with Crippen molar-refractivity contribution in [3.8, 4) is 0 Å². The standard InChI is InChI=1S/2C18H32O2.Co/c2*1-2-3-4-5-6-7-8-9-10-11-12-13-14-15-16-17-18(19)20;/h2*6-7,9-10H,2-5,8,11-17H2,1H3,(H,19,20);/q;;+2/p-2/b7-6+,10-9+;7-6-,10-9-;. The molecule has 0 saturated carbocycles. The van der Waals surface area contributed by atoms with Crippen LogP contribution in [-0.4, -0.2) is 11.9 Å². The molecule has 0 aromatic carbocycles. The molecule has 0 N–H and O–H groups in total. The molecule has 0 amide bonds. The minimum absolute atomic E-state index is 0. The molecule has 41 heavy (non-hydrogen) atoms. The first-order valence-corrected chi connectivity index (χ1v) is 16.5. The van der Waals surface area contributed by atoms with Crippen molar-refractivity contribution in [2.24, 2.45) is 0 Å². The van der Waals surface area contributed by atoms with Crippen molar-refractivity contribution < 1.29 is 36.6 Å². The van der Waals surface area contributed by atoms with Crippen LogP contribution in [0, 0.1) is 0 Å². The van der Waals surface area contributed by atoms with Crippen LogP contribution in [0.25, 0.3) is 0 Å². The Hall–Kier alpha value is -1.59. The fourth-order valence-corrected chi connectivity index (χ4v) is 4.16. The van der Waals surface area contributed by atoms with Crippen LogP contribution >= 0.6 is 0 Å². The zero-order chi connectivity index (χ0) is 29.8. The van der Waals surface area contributed by atoms with Crippen molar-refractivity contribution in [2.75, 3.05) is 0 Å². The van der Waals surface area contributed by atoms with E-state index in [-0.39, 0.29) is 29.6 Å². The summed E-state index contributed by atoms with van der Waals surface area (Å²) in [7, 11) is 0. The Morgan fingerprint density at radius 3 is 0.976 bits per heavy atom. The Labute approximate surface area is 264 Å². The first-order valence-electron chi connectivity index (χ1n) is 16.5. The number of carbonyl (C=O) groups excluding carboxylic acids is 2. The second kappa shape index (κ2) is 40.5. The molecule has 0 aromatic heterocycles. The third-order valence-corrected chi connectivity index (χ3v) is 6.66. The summed E-state index contributed by atoms with van der Waals surface area (Å²) < 4.78 is 0. The second-order valence-electron chi connectivity index (χ2n) is 10.7. The third kappa shape index (κ3) is 48.5. The number of carboxylic acids is 2. The van der Waals surface area contributed by atoms with Crippen LogP contribution in [0.1, 0.15) is 168 Å². The van der Waals surface area contributed by atoms with Gasteiger partial charge >= 0.3 is 16.8 Å². The summed E-state index contributed by atoms with van der Waals surface area (Å²) in [6.07, 6.45) is 43.9. The van der Waals surface area contributed by atoms with E-state index in [2.05, 4.69) is 62.5 Å². The summed E-state index contributed by atoms with van der Waals surface area (Å²) in [5.74, 6) is -1.84. The van der Waals surface area contributed by atoms with Gasteiger partial charge in [0.05, 0.1) is 0 Å². The molecule has 0 fully saturated rings. The van der Waals surface area contributed by atoms with E-state index in [0.29, 0.717) is 0 Å². The van der Waals surface area contributed by atoms with E-state index >= 15 is 0 Å². The van der Waals surface area contributed by atoms with E-state index in [9.17, 15) is 19.8 Å². The Morgan fingerprint density at radius 1 is 0.415 bits per heavy atom. The average molecular weight is 618 g/mol. The molecular weight excluding hydrogens is 555 g/mol. The molecule has 0 bridgehead atoms. The number of aliphatic carboxylic acids is 2. The van der Waals surface area contributed by atoms with Gasteiger partial charge in [-0.05, 0) is 89.9 Å². The Bertz CT molecular complexity index is 596. The third-order valence-electron chi connectivity index (χ3n) is 6.66. The number of hydrogen-bond donors (Lipinski definition) is 0. The minimum atomic E-state index is -0.921. The van der Waals surface area contributed by atoms with E-state index in [1.807, 2.05) is 0 Å². The molecule has 0 aliphatic carbocycles. The molecule has 239 valence electrons. The molecule has 0 aromatic rings. The number of rotatable bonds is 28. The van der Waals surface area contributed by atoms with Crippen LogP contribution in [0.2, 0.25) is 0 Å².